The molecule has 20 heavy (non-hydrogen) atoms. The van der Waals surface area contributed by atoms with Gasteiger partial charge in [-0.25, -0.2) is 4.68 Å². The molecule has 0 unspecified atom stereocenters. The Balaban J connectivity index is 1.70. The molecule has 0 spiro atoms. The minimum atomic E-state index is 0.412. The van der Waals surface area contributed by atoms with Crippen molar-refractivity contribution < 1.29 is 4.74 Å². The highest BCUT2D eigenvalue weighted by molar-refractivity contribution is 5.83. The molecule has 0 aliphatic carbocycles. The summed E-state index contributed by atoms with van der Waals surface area (Å²) in [7, 11) is 0. The summed E-state index contributed by atoms with van der Waals surface area (Å²) in [5.41, 5.74) is 0.806. The van der Waals surface area contributed by atoms with Gasteiger partial charge in [0.2, 0.25) is 0 Å². The van der Waals surface area contributed by atoms with Gasteiger partial charge in [0.05, 0.1) is 12.7 Å². The average Bonchev–Trinajstić information content (AvgIpc) is 2.93. The molecule has 0 aliphatic heterocycles. The van der Waals surface area contributed by atoms with Crippen LogP contribution in [0.4, 0.5) is 0 Å². The van der Waals surface area contributed by atoms with Gasteiger partial charge in [-0.2, -0.15) is 0 Å². The molecule has 0 radical (unpaired) electrons. The first kappa shape index (κ1) is 12.4. The van der Waals surface area contributed by atoms with Gasteiger partial charge in [-0.1, -0.05) is 41.6 Å². The quantitative estimate of drug-likeness (QED) is 0.665. The first-order chi connectivity index (χ1) is 9.85. The molecule has 0 N–H and O–H groups in total. The Labute approximate surface area is 117 Å². The number of nitrogens with zero attached hydrogens (tertiary/aromatic N) is 3. The van der Waals surface area contributed by atoms with Crippen molar-refractivity contribution in [3.8, 4) is 5.75 Å². The second kappa shape index (κ2) is 5.57. The van der Waals surface area contributed by atoms with Crippen LogP contribution in [-0.2, 0) is 13.2 Å². The fraction of sp³-hybridized carbons (Fsp3) is 0.125. The van der Waals surface area contributed by atoms with E-state index in [0.717, 1.165) is 11.4 Å². The number of rotatable bonds is 5. The van der Waals surface area contributed by atoms with Crippen LogP contribution >= 0.6 is 0 Å². The summed E-state index contributed by atoms with van der Waals surface area (Å²) < 4.78 is 7.48. The lowest BCUT2D eigenvalue weighted by atomic mass is 10.1. The van der Waals surface area contributed by atoms with Gasteiger partial charge < -0.3 is 4.74 Å². The third-order valence-electron chi connectivity index (χ3n) is 3.01. The molecule has 0 fully saturated rings. The van der Waals surface area contributed by atoms with Crippen LogP contribution in [0.25, 0.3) is 10.8 Å². The Bertz CT molecular complexity index is 733. The molecule has 4 nitrogen and oxygen atoms in total. The normalized spacial score (nSPS) is 10.6. The largest absolute Gasteiger partial charge is 0.487 e. The van der Waals surface area contributed by atoms with Gasteiger partial charge in [-0.05, 0) is 22.9 Å². The third kappa shape index (κ3) is 2.69. The molecule has 3 rings (SSSR count). The monoisotopic (exact) mass is 265 g/mol. The van der Waals surface area contributed by atoms with Gasteiger partial charge in [0.1, 0.15) is 18.1 Å². The van der Waals surface area contributed by atoms with E-state index in [4.69, 9.17) is 4.74 Å². The maximum atomic E-state index is 5.75. The summed E-state index contributed by atoms with van der Waals surface area (Å²) >= 11 is 0. The number of ether oxygens (including phenoxy) is 1. The van der Waals surface area contributed by atoms with Crippen molar-refractivity contribution in [3.63, 3.8) is 0 Å². The first-order valence-electron chi connectivity index (χ1n) is 6.46. The summed E-state index contributed by atoms with van der Waals surface area (Å²) in [5, 5.41) is 10.4. The van der Waals surface area contributed by atoms with Crippen LogP contribution in [0.5, 0.6) is 5.75 Å². The van der Waals surface area contributed by atoms with E-state index in [0.29, 0.717) is 13.2 Å². The number of hydrogen-bond acceptors (Lipinski definition) is 3. The molecule has 100 valence electrons. The van der Waals surface area contributed by atoms with E-state index in [1.165, 1.54) is 10.8 Å². The van der Waals surface area contributed by atoms with Crippen LogP contribution in [0, 0.1) is 0 Å². The fourth-order valence-corrected chi connectivity index (χ4v) is 2.04. The Morgan fingerprint density at radius 1 is 1.15 bits per heavy atom. The van der Waals surface area contributed by atoms with Gasteiger partial charge in [0.25, 0.3) is 0 Å². The molecule has 1 aromatic heterocycles. The molecule has 1 heterocycles. The summed E-state index contributed by atoms with van der Waals surface area (Å²) in [6.07, 6.45) is 3.64. The van der Waals surface area contributed by atoms with E-state index >= 15 is 0 Å². The molecule has 0 bridgehead atoms. The Kier molecular flexibility index (Phi) is 3.46. The van der Waals surface area contributed by atoms with E-state index in [-0.39, 0.29) is 0 Å². The highest BCUT2D eigenvalue weighted by Gasteiger charge is 2.02. The molecule has 4 heteroatoms. The maximum absolute atomic E-state index is 5.75. The predicted molar refractivity (Wildman–Crippen MR) is 78.5 cm³/mol. The van der Waals surface area contributed by atoms with Gasteiger partial charge in [0, 0.05) is 0 Å². The van der Waals surface area contributed by atoms with Crippen molar-refractivity contribution in [3.05, 3.63) is 67.0 Å². The topological polar surface area (TPSA) is 39.9 Å². The van der Waals surface area contributed by atoms with Crippen LogP contribution < -0.4 is 4.74 Å². The van der Waals surface area contributed by atoms with Crippen molar-refractivity contribution in [1.82, 2.24) is 15.0 Å². The zero-order valence-corrected chi connectivity index (χ0v) is 11.1. The standard InChI is InChI=1S/C16H15N3O/c1-2-9-19-11-15(17-18-19)12-20-16-8-7-13-5-3-4-6-14(13)10-16/h2-8,10-11H,1,9,12H2. The van der Waals surface area contributed by atoms with E-state index in [2.05, 4.69) is 35.1 Å². The lowest BCUT2D eigenvalue weighted by molar-refractivity contribution is 0.301. The number of hydrogen-bond donors (Lipinski definition) is 0. The molecule has 2 aromatic carbocycles. The van der Waals surface area contributed by atoms with E-state index in [9.17, 15) is 0 Å². The Hall–Kier alpha value is -2.62. The zero-order chi connectivity index (χ0) is 13.8. The molecular formula is C16H15N3O. The molecule has 0 saturated carbocycles. The average molecular weight is 265 g/mol. The van der Waals surface area contributed by atoms with Crippen LogP contribution in [0.1, 0.15) is 5.69 Å². The van der Waals surface area contributed by atoms with Crippen molar-refractivity contribution in [1.29, 1.82) is 0 Å². The van der Waals surface area contributed by atoms with Gasteiger partial charge in [-0.15, -0.1) is 11.7 Å². The SMILES string of the molecule is C=CCn1cc(COc2ccc3ccccc3c2)nn1. The molecule has 0 atom stereocenters. The summed E-state index contributed by atoms with van der Waals surface area (Å²) in [5.74, 6) is 0.835. The second-order valence-electron chi connectivity index (χ2n) is 4.52. The third-order valence-corrected chi connectivity index (χ3v) is 3.01. The molecular weight excluding hydrogens is 250 g/mol. The second-order valence-corrected chi connectivity index (χ2v) is 4.52. The molecule has 3 aromatic rings. The lowest BCUT2D eigenvalue weighted by Gasteiger charge is -2.05. The highest BCUT2D eigenvalue weighted by atomic mass is 16.5. The zero-order valence-electron chi connectivity index (χ0n) is 11.1. The Morgan fingerprint density at radius 2 is 2.00 bits per heavy atom. The molecule has 0 saturated heterocycles. The highest BCUT2D eigenvalue weighted by Crippen LogP contribution is 2.21. The van der Waals surface area contributed by atoms with Crippen molar-refractivity contribution >= 4 is 10.8 Å². The fourth-order valence-electron chi connectivity index (χ4n) is 2.04. The van der Waals surface area contributed by atoms with Crippen LogP contribution in [0.15, 0.2) is 61.3 Å². The number of aromatic nitrogens is 3. The minimum Gasteiger partial charge on any atom is -0.487 e. The van der Waals surface area contributed by atoms with Crippen molar-refractivity contribution in [2.45, 2.75) is 13.2 Å². The molecule has 0 amide bonds. The first-order valence-corrected chi connectivity index (χ1v) is 6.46. The summed E-state index contributed by atoms with van der Waals surface area (Å²) in [6.45, 7) is 4.74. The van der Waals surface area contributed by atoms with E-state index < -0.39 is 0 Å². The minimum absolute atomic E-state index is 0.412. The van der Waals surface area contributed by atoms with Crippen molar-refractivity contribution in [2.75, 3.05) is 0 Å². The van der Waals surface area contributed by atoms with Crippen molar-refractivity contribution in [2.24, 2.45) is 0 Å². The lowest BCUT2D eigenvalue weighted by Crippen LogP contribution is -1.96. The van der Waals surface area contributed by atoms with Gasteiger partial charge in [0.15, 0.2) is 0 Å². The van der Waals surface area contributed by atoms with Crippen LogP contribution in [-0.4, -0.2) is 15.0 Å². The van der Waals surface area contributed by atoms with E-state index in [1.807, 2.05) is 30.5 Å². The maximum Gasteiger partial charge on any atom is 0.134 e. The predicted octanol–water partition coefficient (Wildman–Crippen LogP) is 3.20. The Morgan fingerprint density at radius 3 is 2.85 bits per heavy atom. The summed E-state index contributed by atoms with van der Waals surface area (Å²) in [4.78, 5) is 0. The smallest absolute Gasteiger partial charge is 0.134 e. The van der Waals surface area contributed by atoms with E-state index in [1.54, 1.807) is 10.8 Å². The number of allylic oxidation sites excluding steroid dienone is 1. The van der Waals surface area contributed by atoms with Crippen LogP contribution in [0.3, 0.4) is 0 Å². The number of benzene rings is 2. The number of fused-ring (bicyclic) bond motifs is 1. The van der Waals surface area contributed by atoms with Crippen LogP contribution in [0.2, 0.25) is 0 Å². The van der Waals surface area contributed by atoms with Gasteiger partial charge >= 0.3 is 0 Å². The molecule has 0 aliphatic rings. The van der Waals surface area contributed by atoms with Gasteiger partial charge in [-0.3, -0.25) is 0 Å². The summed E-state index contributed by atoms with van der Waals surface area (Å²) in [6, 6.07) is 14.3.